The van der Waals surface area contributed by atoms with Crippen molar-refractivity contribution in [2.75, 3.05) is 40.5 Å². The van der Waals surface area contributed by atoms with Crippen LogP contribution < -0.4 is 10.1 Å². The molecule has 2 aliphatic carbocycles. The summed E-state index contributed by atoms with van der Waals surface area (Å²) in [4.78, 5) is 69.6. The number of aliphatic hydroxyl groups is 1. The molecule has 18 heteroatoms. The Balaban J connectivity index is 1.14. The van der Waals surface area contributed by atoms with Crippen LogP contribution in [0.4, 0.5) is 0 Å². The molecule has 9 atom stereocenters. The molecule has 0 saturated carbocycles. The van der Waals surface area contributed by atoms with E-state index >= 15 is 0 Å². The number of imide groups is 1. The number of likely N-dealkylation sites (tertiary alicyclic amines) is 1. The smallest absolute Gasteiger partial charge is 0.252 e. The minimum absolute atomic E-state index is 0.0624. The average molecular weight is 784 g/mol. The molecule has 4 aliphatic heterocycles. The highest BCUT2D eigenvalue weighted by molar-refractivity contribution is 7.81. The largest absolute Gasteiger partial charge is 0.507 e. The zero-order chi connectivity index (χ0) is 39.1. The zero-order valence-corrected chi connectivity index (χ0v) is 31.1. The molecule has 8 rings (SSSR count). The molecule has 3 amide bonds. The third-order valence-electron chi connectivity index (χ3n) is 11.4. The van der Waals surface area contributed by atoms with E-state index in [1.54, 1.807) is 0 Å². The third-order valence-corrected chi connectivity index (χ3v) is 11.8. The van der Waals surface area contributed by atoms with Gasteiger partial charge in [0.15, 0.2) is 24.6 Å². The molecule has 2 unspecified atom stereocenters. The summed E-state index contributed by atoms with van der Waals surface area (Å²) in [6.45, 7) is 2.38. The van der Waals surface area contributed by atoms with Crippen LogP contribution in [0.5, 0.6) is 17.2 Å². The number of phenolic OH excluding ortho intramolecular Hbond substituents is 2. The van der Waals surface area contributed by atoms with Gasteiger partial charge in [-0.1, -0.05) is 12.1 Å². The summed E-state index contributed by atoms with van der Waals surface area (Å²) in [7, 11) is 2.86. The Morgan fingerprint density at radius 3 is 2.55 bits per heavy atom. The monoisotopic (exact) mass is 783 g/mol. The number of thiol groups is 1. The number of methoxy groups -OCH3 is 2. The maximum absolute atomic E-state index is 14.1. The number of phenols is 2. The molecule has 4 heterocycles. The number of carbonyl (C=O) groups excluding carboxylic acids is 5. The number of hydrogen-bond donors (Lipinski definition) is 5. The normalized spacial score (nSPS) is 32.8. The fourth-order valence-corrected chi connectivity index (χ4v) is 9.14. The minimum Gasteiger partial charge on any atom is -0.507 e. The maximum atomic E-state index is 14.1. The highest BCUT2D eigenvalue weighted by Gasteiger charge is 2.55. The van der Waals surface area contributed by atoms with E-state index in [1.807, 2.05) is 6.92 Å². The van der Waals surface area contributed by atoms with E-state index in [0.29, 0.717) is 13.2 Å². The van der Waals surface area contributed by atoms with Crippen molar-refractivity contribution in [3.8, 4) is 17.2 Å². The second-order valence-corrected chi connectivity index (χ2v) is 15.2. The molecule has 4 N–H and O–H groups in total. The predicted octanol–water partition coefficient (Wildman–Crippen LogP) is 0.323. The summed E-state index contributed by atoms with van der Waals surface area (Å²) in [5.74, 6) is -4.68. The number of carbonyl (C=O) groups is 5. The number of amides is 3. The molecule has 0 spiro atoms. The number of hydrogen-bond acceptors (Lipinski definition) is 16. The molecule has 55 heavy (non-hydrogen) atoms. The molecule has 4 fully saturated rings. The molecule has 0 aromatic heterocycles. The standard InChI is InChI=1S/C37H41N3O14S/c1-15-32-18(39-9-10-51-35(50-3)34(39)54-32)11-23(52-15)53-20-14-37(48,36(47)38-7-8-40-22(41)12-21(55)33(40)46)13-17-25(20)31(45)27-26(29(17)43)28(42)16-5-4-6-19(49-2)24(16)30(27)44/h4-6,15,18,20-21,23,32,34-35,43,45,48,55H,7-14H2,1-3H3,(H,38,47)/t15-,18?,20-,21?,23-,32+,34+,35-,37-/m0/s1. The lowest BCUT2D eigenvalue weighted by molar-refractivity contribution is -0.256. The molecule has 6 aliphatic rings. The van der Waals surface area contributed by atoms with Crippen LogP contribution in [0, 0.1) is 0 Å². The fraction of sp³-hybridized carbons (Fsp3) is 0.541. The van der Waals surface area contributed by atoms with E-state index < -0.39 is 107 Å². The number of nitrogens with one attached hydrogen (secondary N) is 1. The first-order valence-corrected chi connectivity index (χ1v) is 18.6. The second kappa shape index (κ2) is 14.1. The van der Waals surface area contributed by atoms with Crippen LogP contribution in [0.2, 0.25) is 0 Å². The number of benzene rings is 2. The first-order chi connectivity index (χ1) is 26.3. The SMILES string of the molecule is COc1cccc2c1C(=O)c1c(O)c3c(c(O)c1C2=O)C[C@@](O)(C(=O)NCCN1C(=O)CC(S)C1=O)C[C@@H]3O[C@H]1CC2[C@H](O[C@@H]3[C@@H](OC)OCCN23)[C@H](C)O1. The lowest BCUT2D eigenvalue weighted by Gasteiger charge is -2.43. The molecule has 294 valence electrons. The van der Waals surface area contributed by atoms with Gasteiger partial charge in [-0.05, 0) is 13.0 Å². The van der Waals surface area contributed by atoms with Gasteiger partial charge >= 0.3 is 0 Å². The van der Waals surface area contributed by atoms with Gasteiger partial charge in [0, 0.05) is 75.2 Å². The first-order valence-electron chi connectivity index (χ1n) is 18.0. The van der Waals surface area contributed by atoms with Gasteiger partial charge < -0.3 is 49.1 Å². The molecule has 2 aromatic rings. The van der Waals surface area contributed by atoms with Gasteiger partial charge in [0.2, 0.25) is 17.6 Å². The van der Waals surface area contributed by atoms with Crippen molar-refractivity contribution < 1.29 is 67.7 Å². The van der Waals surface area contributed by atoms with E-state index in [2.05, 4.69) is 22.8 Å². The van der Waals surface area contributed by atoms with Crippen molar-refractivity contribution >= 4 is 41.9 Å². The lowest BCUT2D eigenvalue weighted by Crippen LogP contribution is -2.55. The number of ether oxygens (including phenoxy) is 6. The molecule has 4 saturated heterocycles. The summed E-state index contributed by atoms with van der Waals surface area (Å²) in [5, 5.41) is 37.7. The van der Waals surface area contributed by atoms with Gasteiger partial charge in [0.05, 0.1) is 47.9 Å². The Hall–Kier alpha value is -4.14. The van der Waals surface area contributed by atoms with Gasteiger partial charge in [0.25, 0.3) is 5.91 Å². The Kier molecular flexibility index (Phi) is 9.69. The zero-order valence-electron chi connectivity index (χ0n) is 30.2. The number of ketones is 2. The quantitative estimate of drug-likeness (QED) is 0.118. The molecule has 0 bridgehead atoms. The summed E-state index contributed by atoms with van der Waals surface area (Å²) in [6, 6.07) is 4.19. The van der Waals surface area contributed by atoms with E-state index in [9.17, 15) is 39.3 Å². The molecule has 0 radical (unpaired) electrons. The highest BCUT2D eigenvalue weighted by Crippen LogP contribution is 2.53. The van der Waals surface area contributed by atoms with Crippen molar-refractivity contribution in [1.82, 2.24) is 15.1 Å². The van der Waals surface area contributed by atoms with Crippen molar-refractivity contribution in [1.29, 1.82) is 0 Å². The van der Waals surface area contributed by atoms with Crippen molar-refractivity contribution in [2.45, 2.75) is 86.6 Å². The first kappa shape index (κ1) is 37.8. The number of aromatic hydroxyl groups is 2. The average Bonchev–Trinajstić information content (AvgIpc) is 3.66. The number of morpholine rings is 1. The lowest BCUT2D eigenvalue weighted by atomic mass is 9.72. The van der Waals surface area contributed by atoms with Crippen LogP contribution in [0.15, 0.2) is 18.2 Å². The van der Waals surface area contributed by atoms with Crippen LogP contribution in [-0.2, 0) is 44.5 Å². The second-order valence-electron chi connectivity index (χ2n) is 14.6. The summed E-state index contributed by atoms with van der Waals surface area (Å²) in [5.41, 5.74) is -3.69. The van der Waals surface area contributed by atoms with Crippen molar-refractivity contribution in [3.05, 3.63) is 51.6 Å². The van der Waals surface area contributed by atoms with Gasteiger partial charge in [-0.15, -0.1) is 0 Å². The number of rotatable bonds is 8. The number of fused-ring (bicyclic) bond motifs is 6. The van der Waals surface area contributed by atoms with Crippen LogP contribution >= 0.6 is 12.6 Å². The van der Waals surface area contributed by atoms with Gasteiger partial charge in [-0.2, -0.15) is 12.6 Å². The van der Waals surface area contributed by atoms with Gasteiger partial charge in [0.1, 0.15) is 29.0 Å². The third kappa shape index (κ3) is 6.01. The molecular formula is C37H41N3O14S. The Bertz CT molecular complexity index is 1990. The summed E-state index contributed by atoms with van der Waals surface area (Å²) in [6.07, 6.45) is -5.27. The van der Waals surface area contributed by atoms with Crippen molar-refractivity contribution in [2.24, 2.45) is 0 Å². The summed E-state index contributed by atoms with van der Waals surface area (Å²) >= 11 is 4.12. The minimum atomic E-state index is -2.32. The number of nitrogens with zero attached hydrogens (tertiary/aromatic N) is 2. The highest BCUT2D eigenvalue weighted by atomic mass is 32.1. The molecule has 2 aromatic carbocycles. The topological polar surface area (TPSA) is 220 Å². The van der Waals surface area contributed by atoms with Crippen LogP contribution in [0.25, 0.3) is 0 Å². The van der Waals surface area contributed by atoms with E-state index in [0.717, 1.165) is 4.90 Å². The van der Waals surface area contributed by atoms with E-state index in [1.165, 1.54) is 32.4 Å². The predicted molar refractivity (Wildman–Crippen MR) is 189 cm³/mol. The van der Waals surface area contributed by atoms with Crippen molar-refractivity contribution in [3.63, 3.8) is 0 Å². The van der Waals surface area contributed by atoms with E-state index in [-0.39, 0.29) is 66.1 Å². The maximum Gasteiger partial charge on any atom is 0.252 e. The Labute approximate surface area is 320 Å². The van der Waals surface area contributed by atoms with Crippen LogP contribution in [0.3, 0.4) is 0 Å². The Morgan fingerprint density at radius 2 is 1.84 bits per heavy atom. The fourth-order valence-electron chi connectivity index (χ4n) is 8.85. The molecular weight excluding hydrogens is 742 g/mol. The molecule has 17 nitrogen and oxygen atoms in total. The van der Waals surface area contributed by atoms with Crippen LogP contribution in [0.1, 0.15) is 75.3 Å². The van der Waals surface area contributed by atoms with E-state index in [4.69, 9.17) is 28.4 Å². The Morgan fingerprint density at radius 1 is 1.07 bits per heavy atom. The van der Waals surface area contributed by atoms with Gasteiger partial charge in [-0.25, -0.2) is 0 Å². The van der Waals surface area contributed by atoms with Crippen LogP contribution in [-0.4, -0.2) is 143 Å². The van der Waals surface area contributed by atoms with Gasteiger partial charge in [-0.3, -0.25) is 33.8 Å². The summed E-state index contributed by atoms with van der Waals surface area (Å²) < 4.78 is 35.7.